The van der Waals surface area contributed by atoms with Gasteiger partial charge in [0.05, 0.1) is 11.8 Å². The Labute approximate surface area is 83.7 Å². The molecule has 4 nitrogen and oxygen atoms in total. The molecule has 86 valence electrons. The van der Waals surface area contributed by atoms with Crippen LogP contribution in [-0.2, 0) is 9.59 Å². The first kappa shape index (κ1) is 11.8. The van der Waals surface area contributed by atoms with E-state index in [-0.39, 0.29) is 6.54 Å². The van der Waals surface area contributed by atoms with Gasteiger partial charge in [-0.2, -0.15) is 13.2 Å². The Morgan fingerprint density at radius 3 is 2.13 bits per heavy atom. The average molecular weight is 225 g/mol. The van der Waals surface area contributed by atoms with Crippen molar-refractivity contribution in [1.82, 2.24) is 4.90 Å². The first-order valence-corrected chi connectivity index (χ1v) is 4.28. The molecule has 7 heteroatoms. The minimum Gasteiger partial charge on any atom is -0.481 e. The fraction of sp³-hybridized carbons (Fsp3) is 0.750. The quantitative estimate of drug-likeness (QED) is 0.715. The summed E-state index contributed by atoms with van der Waals surface area (Å²) in [5.74, 6) is -5.55. The van der Waals surface area contributed by atoms with E-state index in [1.54, 1.807) is 0 Å². The van der Waals surface area contributed by atoms with Gasteiger partial charge >= 0.3 is 12.1 Å². The number of carboxylic acids is 1. The van der Waals surface area contributed by atoms with Crippen molar-refractivity contribution in [3.05, 3.63) is 0 Å². The van der Waals surface area contributed by atoms with Gasteiger partial charge in [0.2, 0.25) is 5.91 Å². The number of carbonyl (C=O) groups excluding carboxylic acids is 1. The molecule has 0 bridgehead atoms. The Balaban J connectivity index is 2.86. The fourth-order valence-electron chi connectivity index (χ4n) is 1.64. The van der Waals surface area contributed by atoms with Crippen LogP contribution < -0.4 is 0 Å². The number of carboxylic acid groups (broad SMARTS) is 1. The minimum absolute atomic E-state index is 0.366. The van der Waals surface area contributed by atoms with Crippen LogP contribution in [0.1, 0.15) is 6.92 Å². The van der Waals surface area contributed by atoms with Crippen molar-refractivity contribution in [2.45, 2.75) is 13.1 Å². The van der Waals surface area contributed by atoms with Crippen LogP contribution in [0.4, 0.5) is 13.2 Å². The lowest BCUT2D eigenvalue weighted by molar-refractivity contribution is -0.188. The summed E-state index contributed by atoms with van der Waals surface area (Å²) < 4.78 is 37.2. The molecule has 15 heavy (non-hydrogen) atoms. The summed E-state index contributed by atoms with van der Waals surface area (Å²) in [5, 5.41) is 8.61. The van der Waals surface area contributed by atoms with Gasteiger partial charge in [-0.15, -0.1) is 0 Å². The maximum absolute atomic E-state index is 12.4. The molecule has 1 saturated heterocycles. The molecule has 0 aromatic heterocycles. The molecular formula is C8H10F3NO3. The molecule has 0 aliphatic carbocycles. The second-order valence-corrected chi connectivity index (χ2v) is 3.52. The maximum Gasteiger partial charge on any atom is 0.394 e. The summed E-state index contributed by atoms with van der Waals surface area (Å²) in [6.07, 6.45) is -4.58. The summed E-state index contributed by atoms with van der Waals surface area (Å²) in [7, 11) is 0. The number of carbonyl (C=O) groups is 2. The van der Waals surface area contributed by atoms with E-state index in [9.17, 15) is 22.8 Å². The molecule has 0 aromatic rings. The van der Waals surface area contributed by atoms with E-state index in [4.69, 9.17) is 5.11 Å². The number of amides is 1. The van der Waals surface area contributed by atoms with Gasteiger partial charge in [-0.05, 0) is 0 Å². The molecule has 2 atom stereocenters. The number of rotatable bonds is 1. The molecule has 1 fully saturated rings. The van der Waals surface area contributed by atoms with Crippen LogP contribution in [-0.4, -0.2) is 41.1 Å². The van der Waals surface area contributed by atoms with Crippen LogP contribution in [0.2, 0.25) is 0 Å². The highest BCUT2D eigenvalue weighted by Gasteiger charge is 2.53. The van der Waals surface area contributed by atoms with E-state index in [1.807, 2.05) is 0 Å². The van der Waals surface area contributed by atoms with Crippen molar-refractivity contribution in [3.63, 3.8) is 0 Å². The highest BCUT2D eigenvalue weighted by molar-refractivity contribution is 5.77. The highest BCUT2D eigenvalue weighted by atomic mass is 19.4. The van der Waals surface area contributed by atoms with Crippen LogP contribution in [0.5, 0.6) is 0 Å². The van der Waals surface area contributed by atoms with Crippen molar-refractivity contribution in [1.29, 1.82) is 0 Å². The lowest BCUT2D eigenvalue weighted by Gasteiger charge is -2.17. The van der Waals surface area contributed by atoms with Crippen LogP contribution in [0.25, 0.3) is 0 Å². The van der Waals surface area contributed by atoms with Crippen LogP contribution in [0.15, 0.2) is 0 Å². The molecule has 0 saturated carbocycles. The van der Waals surface area contributed by atoms with E-state index in [0.717, 1.165) is 11.8 Å². The molecular weight excluding hydrogens is 215 g/mol. The van der Waals surface area contributed by atoms with Crippen LogP contribution in [0.3, 0.4) is 0 Å². The topological polar surface area (TPSA) is 57.6 Å². The molecule has 1 amide bonds. The summed E-state index contributed by atoms with van der Waals surface area (Å²) in [5.41, 5.74) is 0. The number of hydrogen-bond acceptors (Lipinski definition) is 2. The van der Waals surface area contributed by atoms with E-state index < -0.39 is 36.4 Å². The summed E-state index contributed by atoms with van der Waals surface area (Å²) in [4.78, 5) is 22.4. The van der Waals surface area contributed by atoms with E-state index >= 15 is 0 Å². The second-order valence-electron chi connectivity index (χ2n) is 3.52. The number of likely N-dealkylation sites (tertiary alicyclic amines) is 1. The first-order chi connectivity index (χ1) is 6.73. The van der Waals surface area contributed by atoms with E-state index in [1.165, 1.54) is 0 Å². The first-order valence-electron chi connectivity index (χ1n) is 4.28. The Morgan fingerprint density at radius 1 is 1.33 bits per heavy atom. The van der Waals surface area contributed by atoms with Gasteiger partial charge in [-0.3, -0.25) is 9.59 Å². The normalized spacial score (nSPS) is 26.8. The lowest BCUT2D eigenvalue weighted by atomic mass is 9.96. The second kappa shape index (κ2) is 3.71. The van der Waals surface area contributed by atoms with Gasteiger partial charge < -0.3 is 10.0 Å². The Hall–Kier alpha value is -1.27. The number of hydrogen-bond donors (Lipinski definition) is 1. The fourth-order valence-corrected chi connectivity index (χ4v) is 1.64. The molecule has 0 spiro atoms. The van der Waals surface area contributed by atoms with Crippen molar-refractivity contribution in [2.75, 3.05) is 13.1 Å². The predicted molar refractivity (Wildman–Crippen MR) is 42.9 cm³/mol. The number of aliphatic carboxylic acids is 1. The number of halogens is 3. The van der Waals surface area contributed by atoms with Crippen LogP contribution >= 0.6 is 0 Å². The predicted octanol–water partition coefficient (Wildman–Crippen LogP) is 0.728. The van der Waals surface area contributed by atoms with Gasteiger partial charge in [0, 0.05) is 20.0 Å². The van der Waals surface area contributed by atoms with E-state index in [0.29, 0.717) is 0 Å². The third-order valence-electron chi connectivity index (χ3n) is 2.50. The molecule has 1 heterocycles. The lowest BCUT2D eigenvalue weighted by Crippen LogP contribution is -2.33. The SMILES string of the molecule is CC(=O)N1C[C@H](C(=O)O)[C@@H](C(F)(F)F)C1. The third-order valence-corrected chi connectivity index (χ3v) is 2.50. The standard InChI is InChI=1S/C8H10F3NO3/c1-4(13)12-2-5(7(14)15)6(3-12)8(9,10)11/h5-6H,2-3H2,1H3,(H,14,15)/t5-,6-/m0/s1. The zero-order chi connectivity index (χ0) is 11.8. The number of nitrogens with zero attached hydrogens (tertiary/aromatic N) is 1. The zero-order valence-electron chi connectivity index (χ0n) is 7.91. The molecule has 0 unspecified atom stereocenters. The van der Waals surface area contributed by atoms with Crippen molar-refractivity contribution < 1.29 is 27.9 Å². The smallest absolute Gasteiger partial charge is 0.394 e. The largest absolute Gasteiger partial charge is 0.481 e. The van der Waals surface area contributed by atoms with Crippen molar-refractivity contribution in [3.8, 4) is 0 Å². The third kappa shape index (κ3) is 2.40. The molecule has 1 aliphatic heterocycles. The van der Waals surface area contributed by atoms with Gasteiger partial charge in [-0.25, -0.2) is 0 Å². The Bertz CT molecular complexity index is 289. The maximum atomic E-state index is 12.4. The van der Waals surface area contributed by atoms with Gasteiger partial charge in [0.1, 0.15) is 0 Å². The van der Waals surface area contributed by atoms with Crippen molar-refractivity contribution in [2.24, 2.45) is 11.8 Å². The molecule has 1 rings (SSSR count). The Morgan fingerprint density at radius 2 is 1.87 bits per heavy atom. The van der Waals surface area contributed by atoms with Crippen LogP contribution in [0, 0.1) is 11.8 Å². The average Bonchev–Trinajstić information content (AvgIpc) is 2.45. The van der Waals surface area contributed by atoms with Gasteiger partial charge in [0.15, 0.2) is 0 Å². The molecule has 1 aliphatic rings. The highest BCUT2D eigenvalue weighted by Crippen LogP contribution is 2.37. The summed E-state index contributed by atoms with van der Waals surface area (Å²) in [6.45, 7) is 0.197. The summed E-state index contributed by atoms with van der Waals surface area (Å²) in [6, 6.07) is 0. The molecule has 0 aromatic carbocycles. The Kier molecular flexibility index (Phi) is 2.92. The van der Waals surface area contributed by atoms with E-state index in [2.05, 4.69) is 0 Å². The number of alkyl halides is 3. The van der Waals surface area contributed by atoms with Crippen molar-refractivity contribution >= 4 is 11.9 Å². The van der Waals surface area contributed by atoms with Gasteiger partial charge in [-0.1, -0.05) is 0 Å². The molecule has 0 radical (unpaired) electrons. The minimum atomic E-state index is -4.58. The van der Waals surface area contributed by atoms with Gasteiger partial charge in [0.25, 0.3) is 0 Å². The molecule has 1 N–H and O–H groups in total. The summed E-state index contributed by atoms with van der Waals surface area (Å²) >= 11 is 0. The monoisotopic (exact) mass is 225 g/mol. The zero-order valence-corrected chi connectivity index (χ0v) is 7.91.